The summed E-state index contributed by atoms with van der Waals surface area (Å²) in [5.74, 6) is 0.732. The molecular weight excluding hydrogens is 402 g/mol. The molecule has 5 rings (SSSR count). The first kappa shape index (κ1) is 19.4. The van der Waals surface area contributed by atoms with Crippen LogP contribution in [0.5, 0.6) is 0 Å². The van der Waals surface area contributed by atoms with Crippen molar-refractivity contribution in [2.45, 2.75) is 17.8 Å². The van der Waals surface area contributed by atoms with Gasteiger partial charge in [0.15, 0.2) is 5.16 Å². The molecule has 4 nitrogen and oxygen atoms in total. The van der Waals surface area contributed by atoms with Gasteiger partial charge in [0, 0.05) is 17.5 Å². The lowest BCUT2D eigenvalue weighted by atomic mass is 10.1. The predicted octanol–water partition coefficient (Wildman–Crippen LogP) is 5.98. The van der Waals surface area contributed by atoms with Crippen LogP contribution >= 0.6 is 11.8 Å². The Bertz CT molecular complexity index is 1390. The molecule has 5 heteroatoms. The van der Waals surface area contributed by atoms with Crippen LogP contribution in [0.1, 0.15) is 11.1 Å². The fourth-order valence-corrected chi connectivity index (χ4v) is 4.57. The summed E-state index contributed by atoms with van der Waals surface area (Å²) in [6, 6.07) is 28.2. The number of H-pyrrole nitrogens is 1. The lowest BCUT2D eigenvalue weighted by molar-refractivity contribution is 0.818. The van der Waals surface area contributed by atoms with E-state index in [0.717, 1.165) is 22.6 Å². The van der Waals surface area contributed by atoms with Gasteiger partial charge in [-0.2, -0.15) is 0 Å². The van der Waals surface area contributed by atoms with Crippen LogP contribution in [0, 0.1) is 6.92 Å². The van der Waals surface area contributed by atoms with Crippen molar-refractivity contribution in [3.8, 4) is 16.8 Å². The largest absolute Gasteiger partial charge is 0.355 e. The SMILES string of the molecule is Cc1ccc(CSc2nc3c(-c4ccccc4)c[nH]c3c(=O)n2-c2ccccc2)cc1. The highest BCUT2D eigenvalue weighted by Crippen LogP contribution is 2.30. The molecule has 0 amide bonds. The van der Waals surface area contributed by atoms with Crippen LogP contribution in [0.2, 0.25) is 0 Å². The average molecular weight is 424 g/mol. The molecular formula is C26H21N3OS. The monoisotopic (exact) mass is 423 g/mol. The van der Waals surface area contributed by atoms with Gasteiger partial charge < -0.3 is 4.98 Å². The van der Waals surface area contributed by atoms with Gasteiger partial charge in [0.2, 0.25) is 0 Å². The molecule has 2 aromatic heterocycles. The van der Waals surface area contributed by atoms with Gasteiger partial charge in [-0.05, 0) is 30.2 Å². The molecule has 0 atom stereocenters. The van der Waals surface area contributed by atoms with Gasteiger partial charge in [-0.1, -0.05) is 90.1 Å². The summed E-state index contributed by atoms with van der Waals surface area (Å²) >= 11 is 1.58. The molecule has 0 aliphatic carbocycles. The number of hydrogen-bond donors (Lipinski definition) is 1. The van der Waals surface area contributed by atoms with Crippen molar-refractivity contribution >= 4 is 22.8 Å². The number of hydrogen-bond acceptors (Lipinski definition) is 3. The smallest absolute Gasteiger partial charge is 0.283 e. The molecule has 152 valence electrons. The minimum atomic E-state index is -0.0928. The maximum atomic E-state index is 13.5. The topological polar surface area (TPSA) is 50.7 Å². The second-order valence-electron chi connectivity index (χ2n) is 7.44. The first-order valence-corrected chi connectivity index (χ1v) is 11.1. The second kappa shape index (κ2) is 8.28. The summed E-state index contributed by atoms with van der Waals surface area (Å²) in [5, 5.41) is 0.682. The van der Waals surface area contributed by atoms with Gasteiger partial charge in [-0.15, -0.1) is 0 Å². The van der Waals surface area contributed by atoms with E-state index in [0.29, 0.717) is 16.2 Å². The van der Waals surface area contributed by atoms with Gasteiger partial charge in [0.25, 0.3) is 5.56 Å². The Morgan fingerprint density at radius 2 is 1.58 bits per heavy atom. The maximum absolute atomic E-state index is 13.5. The molecule has 0 radical (unpaired) electrons. The molecule has 0 bridgehead atoms. The Morgan fingerprint density at radius 1 is 0.903 bits per heavy atom. The number of aryl methyl sites for hydroxylation is 1. The van der Waals surface area contributed by atoms with Crippen LogP contribution in [0.15, 0.2) is 101 Å². The normalized spacial score (nSPS) is 11.1. The Labute approximate surface area is 184 Å². The molecule has 0 saturated carbocycles. The minimum Gasteiger partial charge on any atom is -0.355 e. The number of benzene rings is 3. The molecule has 0 unspecified atom stereocenters. The fourth-order valence-electron chi connectivity index (χ4n) is 3.61. The van der Waals surface area contributed by atoms with E-state index >= 15 is 0 Å². The predicted molar refractivity (Wildman–Crippen MR) is 128 cm³/mol. The lowest BCUT2D eigenvalue weighted by Crippen LogP contribution is -2.21. The number of nitrogens with one attached hydrogen (secondary N) is 1. The Kier molecular flexibility index (Phi) is 5.18. The van der Waals surface area contributed by atoms with E-state index in [2.05, 4.69) is 36.2 Å². The van der Waals surface area contributed by atoms with Crippen molar-refractivity contribution < 1.29 is 0 Å². The van der Waals surface area contributed by atoms with Crippen molar-refractivity contribution in [1.82, 2.24) is 14.5 Å². The van der Waals surface area contributed by atoms with Gasteiger partial charge >= 0.3 is 0 Å². The van der Waals surface area contributed by atoms with E-state index in [4.69, 9.17) is 4.98 Å². The number of aromatic amines is 1. The standard InChI is InChI=1S/C26H21N3OS/c1-18-12-14-19(15-13-18)17-31-26-28-23-22(20-8-4-2-5-9-20)16-27-24(23)25(30)29(26)21-10-6-3-7-11-21/h2-16,27H,17H2,1H3. The van der Waals surface area contributed by atoms with Crippen molar-refractivity contribution in [1.29, 1.82) is 0 Å². The van der Waals surface area contributed by atoms with Crippen LogP contribution in [0.4, 0.5) is 0 Å². The summed E-state index contributed by atoms with van der Waals surface area (Å²) in [6.07, 6.45) is 1.87. The quantitative estimate of drug-likeness (QED) is 0.279. The van der Waals surface area contributed by atoms with Crippen LogP contribution in [0.25, 0.3) is 27.8 Å². The molecule has 2 heterocycles. The summed E-state index contributed by atoms with van der Waals surface area (Å²) in [7, 11) is 0. The second-order valence-corrected chi connectivity index (χ2v) is 8.38. The van der Waals surface area contributed by atoms with Gasteiger partial charge in [0.1, 0.15) is 11.0 Å². The zero-order valence-corrected chi connectivity index (χ0v) is 17.9. The van der Waals surface area contributed by atoms with Crippen LogP contribution in [0.3, 0.4) is 0 Å². The van der Waals surface area contributed by atoms with Crippen molar-refractivity contribution in [3.05, 3.63) is 113 Å². The highest BCUT2D eigenvalue weighted by Gasteiger charge is 2.17. The first-order chi connectivity index (χ1) is 15.2. The molecule has 0 aliphatic heterocycles. The fraction of sp³-hybridized carbons (Fsp3) is 0.0769. The number of rotatable bonds is 5. The summed E-state index contributed by atoms with van der Waals surface area (Å²) in [4.78, 5) is 21.7. The molecule has 0 aliphatic rings. The first-order valence-electron chi connectivity index (χ1n) is 10.1. The molecule has 1 N–H and O–H groups in total. The molecule has 3 aromatic carbocycles. The zero-order chi connectivity index (χ0) is 21.2. The Balaban J connectivity index is 1.66. The highest BCUT2D eigenvalue weighted by molar-refractivity contribution is 7.98. The maximum Gasteiger partial charge on any atom is 0.283 e. The molecule has 0 saturated heterocycles. The number of nitrogens with zero attached hydrogens (tertiary/aromatic N) is 2. The Morgan fingerprint density at radius 3 is 2.29 bits per heavy atom. The molecule has 0 spiro atoms. The lowest BCUT2D eigenvalue weighted by Gasteiger charge is -2.12. The Hall–Kier alpha value is -3.57. The number of para-hydroxylation sites is 1. The van der Waals surface area contributed by atoms with E-state index < -0.39 is 0 Å². The van der Waals surface area contributed by atoms with Crippen molar-refractivity contribution in [2.75, 3.05) is 0 Å². The summed E-state index contributed by atoms with van der Waals surface area (Å²) in [5.41, 5.74) is 6.33. The van der Waals surface area contributed by atoms with E-state index in [1.807, 2.05) is 66.9 Å². The number of thioether (sulfide) groups is 1. The average Bonchev–Trinajstić information content (AvgIpc) is 3.24. The number of aromatic nitrogens is 3. The third-order valence-corrected chi connectivity index (χ3v) is 6.27. The van der Waals surface area contributed by atoms with E-state index in [9.17, 15) is 4.79 Å². The van der Waals surface area contributed by atoms with Crippen LogP contribution in [-0.2, 0) is 5.75 Å². The zero-order valence-electron chi connectivity index (χ0n) is 17.1. The minimum absolute atomic E-state index is 0.0928. The van der Waals surface area contributed by atoms with Crippen LogP contribution in [-0.4, -0.2) is 14.5 Å². The summed E-state index contributed by atoms with van der Waals surface area (Å²) < 4.78 is 1.70. The van der Waals surface area contributed by atoms with E-state index in [1.165, 1.54) is 11.1 Å². The highest BCUT2D eigenvalue weighted by atomic mass is 32.2. The van der Waals surface area contributed by atoms with Gasteiger partial charge in [-0.25, -0.2) is 4.98 Å². The van der Waals surface area contributed by atoms with Crippen molar-refractivity contribution in [3.63, 3.8) is 0 Å². The van der Waals surface area contributed by atoms with Gasteiger partial charge in [0.05, 0.1) is 5.69 Å². The third-order valence-electron chi connectivity index (χ3n) is 5.26. The number of fused-ring (bicyclic) bond motifs is 1. The summed E-state index contributed by atoms with van der Waals surface area (Å²) in [6.45, 7) is 2.08. The van der Waals surface area contributed by atoms with Crippen molar-refractivity contribution in [2.24, 2.45) is 0 Å². The van der Waals surface area contributed by atoms with Crippen LogP contribution < -0.4 is 5.56 Å². The third kappa shape index (κ3) is 3.80. The van der Waals surface area contributed by atoms with E-state index in [1.54, 1.807) is 16.3 Å². The molecule has 31 heavy (non-hydrogen) atoms. The molecule has 5 aromatic rings. The van der Waals surface area contributed by atoms with E-state index in [-0.39, 0.29) is 5.56 Å². The van der Waals surface area contributed by atoms with Gasteiger partial charge in [-0.3, -0.25) is 9.36 Å². The molecule has 0 fully saturated rings.